The minimum Gasteiger partial charge on any atom is -0.652 e. The molecule has 0 unspecified atom stereocenters. The van der Waals surface area contributed by atoms with Crippen LogP contribution in [0.2, 0.25) is 0 Å². The third-order valence-electron chi connectivity index (χ3n) is 0. The Balaban J connectivity index is -0.0000000720. The fraction of sp³-hybridized carbons (Fsp3) is 0. The van der Waals surface area contributed by atoms with Crippen molar-refractivity contribution in [1.82, 2.24) is 0 Å². The molecule has 54 valence electrons. The number of hydrogen-bond donors (Lipinski definition) is 0. The maximum Gasteiger partial charge on any atom is 3.00 e. The molecule has 0 aliphatic heterocycles. The number of carboxylic acid groups (broad SMARTS) is 2. The van der Waals surface area contributed by atoms with Crippen molar-refractivity contribution in [2.75, 3.05) is 0 Å². The molecule has 0 aromatic carbocycles. The average Bonchev–Trinajstić information content (AvgIpc) is 1.25. The second-order valence-corrected chi connectivity index (χ2v) is 0.474. The quantitative estimate of drug-likeness (QED) is 0.295. The summed E-state index contributed by atoms with van der Waals surface area (Å²) in [5.74, 6) is 0. The first-order valence-electron chi connectivity index (χ1n) is 1.16. The van der Waals surface area contributed by atoms with Crippen molar-refractivity contribution in [3.05, 3.63) is 15.3 Å². The van der Waals surface area contributed by atoms with Gasteiger partial charge in [-0.1, -0.05) is 0 Å². The van der Waals surface area contributed by atoms with E-state index in [1.807, 2.05) is 0 Å². The van der Waals surface area contributed by atoms with Crippen LogP contribution in [0.5, 0.6) is 0 Å². The summed E-state index contributed by atoms with van der Waals surface area (Å²) in [6.45, 7) is 0. The van der Waals surface area contributed by atoms with E-state index in [-0.39, 0.29) is 16.8 Å². The number of nitrogens with zero attached hydrogens (tertiary/aromatic N) is 1. The summed E-state index contributed by atoms with van der Waals surface area (Å²) in [5.41, 5.74) is 0. The molecular formula is CCoNO6. The van der Waals surface area contributed by atoms with Gasteiger partial charge in [-0.25, -0.2) is 0 Å². The fourth-order valence-electron chi connectivity index (χ4n) is 0. The minimum atomic E-state index is -2.33. The largest absolute Gasteiger partial charge is 3.00 e. The van der Waals surface area contributed by atoms with Gasteiger partial charge in [0.15, 0.2) is 0 Å². The van der Waals surface area contributed by atoms with Gasteiger partial charge < -0.3 is 30.3 Å². The second-order valence-electron chi connectivity index (χ2n) is 0.474. The molecule has 0 aromatic rings. The maximum atomic E-state index is 8.33. The molecule has 7 nitrogen and oxygen atoms in total. The van der Waals surface area contributed by atoms with Crippen molar-refractivity contribution < 1.29 is 36.9 Å². The van der Waals surface area contributed by atoms with E-state index < -0.39 is 11.2 Å². The third-order valence-corrected chi connectivity index (χ3v) is 0. The molecule has 0 aliphatic rings. The molecule has 0 saturated heterocycles. The van der Waals surface area contributed by atoms with Crippen molar-refractivity contribution in [3.63, 3.8) is 0 Å². The summed E-state index contributed by atoms with van der Waals surface area (Å²) >= 11 is 0. The summed E-state index contributed by atoms with van der Waals surface area (Å²) in [5, 5.41) is 31.4. The topological polar surface area (TPSA) is 129 Å². The third kappa shape index (κ3) is 165. The van der Waals surface area contributed by atoms with E-state index >= 15 is 0 Å². The van der Waals surface area contributed by atoms with Gasteiger partial charge in [-0.3, -0.25) is 0 Å². The average molecular weight is 181 g/mol. The van der Waals surface area contributed by atoms with E-state index in [1.54, 1.807) is 0 Å². The van der Waals surface area contributed by atoms with Gasteiger partial charge in [0.1, 0.15) is 0 Å². The summed E-state index contributed by atoms with van der Waals surface area (Å²) < 4.78 is 0. The Kier molecular flexibility index (Phi) is 17.5. The minimum absolute atomic E-state index is 0. The molecule has 0 N–H and O–H groups in total. The second kappa shape index (κ2) is 10.1. The number of carbonyl (C=O) groups is 1. The van der Waals surface area contributed by atoms with Gasteiger partial charge in [-0.2, -0.15) is 0 Å². The first kappa shape index (κ1) is 15.7. The van der Waals surface area contributed by atoms with Crippen LogP contribution in [0.4, 0.5) is 4.79 Å². The van der Waals surface area contributed by atoms with Gasteiger partial charge in [-0.15, -0.1) is 0 Å². The predicted molar refractivity (Wildman–Crippen MR) is 15.8 cm³/mol. The van der Waals surface area contributed by atoms with Crippen LogP contribution in [-0.4, -0.2) is 11.2 Å². The Morgan fingerprint density at radius 3 is 1.22 bits per heavy atom. The van der Waals surface area contributed by atoms with E-state index in [2.05, 4.69) is 0 Å². The van der Waals surface area contributed by atoms with Crippen LogP contribution < -0.4 is 10.2 Å². The molecule has 0 aromatic heterocycles. The zero-order valence-corrected chi connectivity index (χ0v) is 4.77. The maximum absolute atomic E-state index is 8.33. The summed E-state index contributed by atoms with van der Waals surface area (Å²) in [6.07, 6.45) is -2.33. The van der Waals surface area contributed by atoms with Crippen LogP contribution in [0.1, 0.15) is 0 Å². The van der Waals surface area contributed by atoms with E-state index in [9.17, 15) is 0 Å². The molecule has 0 spiro atoms. The molecule has 8 heteroatoms. The zero-order valence-electron chi connectivity index (χ0n) is 3.73. The molecule has 9 heavy (non-hydrogen) atoms. The first-order valence-corrected chi connectivity index (χ1v) is 1.16. The van der Waals surface area contributed by atoms with Crippen molar-refractivity contribution in [3.8, 4) is 0 Å². The molecule has 0 atom stereocenters. The Hall–Kier alpha value is -1.02. The molecule has 0 amide bonds. The number of carbonyl (C=O) groups excluding carboxylic acids is 1. The molecular weight excluding hydrogens is 181 g/mol. The molecule has 0 fully saturated rings. The Labute approximate surface area is 59.2 Å². The normalized spacial score (nSPS) is 5.33. The summed E-state index contributed by atoms with van der Waals surface area (Å²) in [4.78, 5) is 16.6. The molecule has 0 rings (SSSR count). The summed E-state index contributed by atoms with van der Waals surface area (Å²) in [7, 11) is 0. The van der Waals surface area contributed by atoms with Gasteiger partial charge in [0.05, 0.1) is 5.09 Å². The number of rotatable bonds is 0. The van der Waals surface area contributed by atoms with Crippen LogP contribution in [-0.2, 0) is 16.8 Å². The van der Waals surface area contributed by atoms with E-state index in [4.69, 9.17) is 30.3 Å². The van der Waals surface area contributed by atoms with Gasteiger partial charge in [0.2, 0.25) is 0 Å². The molecule has 0 saturated carbocycles. The van der Waals surface area contributed by atoms with Gasteiger partial charge >= 0.3 is 16.8 Å². The van der Waals surface area contributed by atoms with Crippen LogP contribution >= 0.6 is 0 Å². The van der Waals surface area contributed by atoms with Crippen LogP contribution in [0.3, 0.4) is 0 Å². The Bertz CT molecular complexity index is 71.1. The fourth-order valence-corrected chi connectivity index (χ4v) is 0. The van der Waals surface area contributed by atoms with Gasteiger partial charge in [0, 0.05) is 0 Å². The molecule has 0 aliphatic carbocycles. The zero-order chi connectivity index (χ0) is 7.15. The van der Waals surface area contributed by atoms with Gasteiger partial charge in [-0.05, 0) is 6.16 Å². The Morgan fingerprint density at radius 2 is 1.22 bits per heavy atom. The monoisotopic (exact) mass is 181 g/mol. The standard InChI is InChI=1S/CH2O3.Co.NO3/c2-1(3)4;;2-1(3)4/h(H2,2,3,4);;/q;+3;-1/p-2. The van der Waals surface area contributed by atoms with Crippen LogP contribution in [0.15, 0.2) is 0 Å². The van der Waals surface area contributed by atoms with Crippen molar-refractivity contribution >= 4 is 6.16 Å². The van der Waals surface area contributed by atoms with Crippen molar-refractivity contribution in [1.29, 1.82) is 0 Å². The smallest absolute Gasteiger partial charge is 0.652 e. The van der Waals surface area contributed by atoms with Crippen molar-refractivity contribution in [2.45, 2.75) is 0 Å². The first-order chi connectivity index (χ1) is 3.46. The van der Waals surface area contributed by atoms with E-state index in [0.29, 0.717) is 0 Å². The number of hydrogen-bond acceptors (Lipinski definition) is 6. The SMILES string of the molecule is O=C([O-])[O-].O=[N+]([O-])[O-].[Co+3]. The van der Waals surface area contributed by atoms with E-state index in [0.717, 1.165) is 0 Å². The molecule has 0 bridgehead atoms. The van der Waals surface area contributed by atoms with Crippen LogP contribution in [0, 0.1) is 15.3 Å². The molecule has 0 heterocycles. The summed E-state index contributed by atoms with van der Waals surface area (Å²) in [6, 6.07) is 0. The molecule has 0 radical (unpaired) electrons. The van der Waals surface area contributed by atoms with E-state index in [1.165, 1.54) is 0 Å². The predicted octanol–water partition coefficient (Wildman–Crippen LogP) is -2.69. The van der Waals surface area contributed by atoms with Crippen LogP contribution in [0.25, 0.3) is 0 Å². The van der Waals surface area contributed by atoms with Gasteiger partial charge in [0.25, 0.3) is 0 Å². The Morgan fingerprint density at radius 1 is 1.22 bits per heavy atom. The van der Waals surface area contributed by atoms with Crippen molar-refractivity contribution in [2.24, 2.45) is 0 Å².